The number of aliphatic hydroxyl groups is 1. The van der Waals surface area contributed by atoms with Gasteiger partial charge in [-0.1, -0.05) is 31.1 Å². The van der Waals surface area contributed by atoms with E-state index in [2.05, 4.69) is 46.4 Å². The molecule has 1 aliphatic carbocycles. The van der Waals surface area contributed by atoms with Crippen LogP contribution in [-0.2, 0) is 4.74 Å². The van der Waals surface area contributed by atoms with Crippen LogP contribution in [0.1, 0.15) is 66.2 Å². The molecular formula is C19H34O2. The van der Waals surface area contributed by atoms with Crippen LogP contribution in [0.5, 0.6) is 0 Å². The molecule has 0 saturated heterocycles. The van der Waals surface area contributed by atoms with Crippen molar-refractivity contribution < 1.29 is 9.84 Å². The first-order valence-corrected chi connectivity index (χ1v) is 8.44. The molecule has 0 aromatic heterocycles. The SMILES string of the molecule is C=C(C)CCCC(C)CCOC(C)(C)C1CC=CCC1O. The maximum Gasteiger partial charge on any atom is 0.0682 e. The Labute approximate surface area is 131 Å². The predicted molar refractivity (Wildman–Crippen MR) is 90.3 cm³/mol. The molecule has 3 atom stereocenters. The molecule has 0 spiro atoms. The topological polar surface area (TPSA) is 29.5 Å². The quantitative estimate of drug-likeness (QED) is 0.614. The van der Waals surface area contributed by atoms with Crippen LogP contribution in [-0.4, -0.2) is 23.4 Å². The summed E-state index contributed by atoms with van der Waals surface area (Å²) < 4.78 is 6.13. The molecule has 0 aliphatic heterocycles. The van der Waals surface area contributed by atoms with E-state index in [0.717, 1.165) is 32.3 Å². The Bertz CT molecular complexity index is 343. The van der Waals surface area contributed by atoms with Crippen LogP contribution in [0.3, 0.4) is 0 Å². The van der Waals surface area contributed by atoms with Crippen LogP contribution in [0.15, 0.2) is 24.3 Å². The van der Waals surface area contributed by atoms with Crippen molar-refractivity contribution >= 4 is 0 Å². The van der Waals surface area contributed by atoms with E-state index in [-0.39, 0.29) is 17.6 Å². The zero-order valence-electron chi connectivity index (χ0n) is 14.4. The second kappa shape index (κ2) is 8.75. The summed E-state index contributed by atoms with van der Waals surface area (Å²) in [6.45, 7) is 13.4. The summed E-state index contributed by atoms with van der Waals surface area (Å²) in [5.41, 5.74) is 1.03. The number of rotatable bonds is 9. The molecule has 0 fully saturated rings. The van der Waals surface area contributed by atoms with E-state index < -0.39 is 0 Å². The lowest BCUT2D eigenvalue weighted by Crippen LogP contribution is -2.42. The van der Waals surface area contributed by atoms with E-state index >= 15 is 0 Å². The van der Waals surface area contributed by atoms with E-state index in [0.29, 0.717) is 5.92 Å². The van der Waals surface area contributed by atoms with Crippen molar-refractivity contribution in [1.29, 1.82) is 0 Å². The molecule has 21 heavy (non-hydrogen) atoms. The highest BCUT2D eigenvalue weighted by Crippen LogP contribution is 2.32. The summed E-state index contributed by atoms with van der Waals surface area (Å²) in [6, 6.07) is 0. The summed E-state index contributed by atoms with van der Waals surface area (Å²) in [5.74, 6) is 0.901. The first-order valence-electron chi connectivity index (χ1n) is 8.44. The molecule has 1 aliphatic rings. The van der Waals surface area contributed by atoms with Crippen molar-refractivity contribution in [1.82, 2.24) is 0 Å². The van der Waals surface area contributed by atoms with Gasteiger partial charge in [-0.25, -0.2) is 0 Å². The molecule has 0 radical (unpaired) electrons. The Morgan fingerprint density at radius 2 is 2.00 bits per heavy atom. The van der Waals surface area contributed by atoms with Gasteiger partial charge in [0.1, 0.15) is 0 Å². The minimum absolute atomic E-state index is 0.209. The monoisotopic (exact) mass is 294 g/mol. The highest BCUT2D eigenvalue weighted by Gasteiger charge is 2.35. The summed E-state index contributed by atoms with van der Waals surface area (Å²) in [4.78, 5) is 0. The van der Waals surface area contributed by atoms with Crippen molar-refractivity contribution in [2.24, 2.45) is 11.8 Å². The first kappa shape index (κ1) is 18.4. The van der Waals surface area contributed by atoms with Gasteiger partial charge in [-0.15, -0.1) is 6.58 Å². The second-order valence-corrected chi connectivity index (χ2v) is 7.31. The van der Waals surface area contributed by atoms with Gasteiger partial charge in [0.25, 0.3) is 0 Å². The normalized spacial score (nSPS) is 24.0. The molecule has 1 N–H and O–H groups in total. The molecule has 0 saturated carbocycles. The van der Waals surface area contributed by atoms with Crippen LogP contribution < -0.4 is 0 Å². The summed E-state index contributed by atoms with van der Waals surface area (Å²) >= 11 is 0. The van der Waals surface area contributed by atoms with E-state index in [1.807, 2.05) is 0 Å². The zero-order valence-corrected chi connectivity index (χ0v) is 14.4. The summed E-state index contributed by atoms with van der Waals surface area (Å²) in [7, 11) is 0. The molecule has 2 nitrogen and oxygen atoms in total. The summed E-state index contributed by atoms with van der Waals surface area (Å²) in [5, 5.41) is 10.1. The van der Waals surface area contributed by atoms with Crippen molar-refractivity contribution in [2.75, 3.05) is 6.61 Å². The van der Waals surface area contributed by atoms with Gasteiger partial charge in [-0.2, -0.15) is 0 Å². The molecule has 1 rings (SSSR count). The average Bonchev–Trinajstić information content (AvgIpc) is 2.38. The van der Waals surface area contributed by atoms with Gasteiger partial charge in [0, 0.05) is 12.5 Å². The van der Waals surface area contributed by atoms with Gasteiger partial charge in [-0.3, -0.25) is 0 Å². The highest BCUT2D eigenvalue weighted by molar-refractivity contribution is 5.00. The van der Waals surface area contributed by atoms with Gasteiger partial charge in [-0.05, 0) is 58.8 Å². The second-order valence-electron chi connectivity index (χ2n) is 7.31. The third-order valence-electron chi connectivity index (χ3n) is 4.68. The Balaban J connectivity index is 2.26. The van der Waals surface area contributed by atoms with Crippen molar-refractivity contribution in [3.8, 4) is 0 Å². The zero-order chi connectivity index (χ0) is 15.9. The molecule has 0 aromatic carbocycles. The minimum atomic E-state index is -0.266. The lowest BCUT2D eigenvalue weighted by molar-refractivity contribution is -0.0999. The molecule has 3 unspecified atom stereocenters. The Kier molecular flexibility index (Phi) is 7.69. The maximum absolute atomic E-state index is 10.1. The van der Waals surface area contributed by atoms with Crippen LogP contribution >= 0.6 is 0 Å². The molecule has 2 heteroatoms. The number of hydrogen-bond donors (Lipinski definition) is 1. The molecule has 0 heterocycles. The fourth-order valence-corrected chi connectivity index (χ4v) is 3.07. The maximum atomic E-state index is 10.1. The van der Waals surface area contributed by atoms with Gasteiger partial charge in [0.15, 0.2) is 0 Å². The highest BCUT2D eigenvalue weighted by atomic mass is 16.5. The van der Waals surface area contributed by atoms with Gasteiger partial charge in [0.05, 0.1) is 11.7 Å². The number of hydrogen-bond acceptors (Lipinski definition) is 2. The molecule has 122 valence electrons. The third kappa shape index (κ3) is 6.80. The van der Waals surface area contributed by atoms with Gasteiger partial charge in [0.2, 0.25) is 0 Å². The van der Waals surface area contributed by atoms with E-state index in [4.69, 9.17) is 4.74 Å². The van der Waals surface area contributed by atoms with Crippen molar-refractivity contribution in [3.05, 3.63) is 24.3 Å². The standard InChI is InChI=1S/C19H34O2/c1-15(2)9-8-10-16(3)13-14-21-19(4,5)17-11-6-7-12-18(17)20/h6-7,16-18,20H,1,8-14H2,2-5H3. The van der Waals surface area contributed by atoms with Crippen LogP contribution in [0, 0.1) is 11.8 Å². The first-order chi connectivity index (χ1) is 9.83. The molecular weight excluding hydrogens is 260 g/mol. The number of allylic oxidation sites excluding steroid dienone is 2. The number of aliphatic hydroxyl groups excluding tert-OH is 1. The smallest absolute Gasteiger partial charge is 0.0682 e. The fourth-order valence-electron chi connectivity index (χ4n) is 3.07. The van der Waals surface area contributed by atoms with E-state index in [1.54, 1.807) is 0 Å². The average molecular weight is 294 g/mol. The lowest BCUT2D eigenvalue weighted by atomic mass is 9.79. The predicted octanol–water partition coefficient (Wildman–Crippen LogP) is 4.88. The third-order valence-corrected chi connectivity index (χ3v) is 4.68. The summed E-state index contributed by atoms with van der Waals surface area (Å²) in [6.07, 6.45) is 10.4. The van der Waals surface area contributed by atoms with E-state index in [9.17, 15) is 5.11 Å². The van der Waals surface area contributed by atoms with E-state index in [1.165, 1.54) is 18.4 Å². The van der Waals surface area contributed by atoms with Crippen LogP contribution in [0.25, 0.3) is 0 Å². The number of ether oxygens (including phenoxy) is 1. The van der Waals surface area contributed by atoms with Crippen molar-refractivity contribution in [2.45, 2.75) is 77.9 Å². The Hall–Kier alpha value is -0.600. The van der Waals surface area contributed by atoms with Gasteiger partial charge < -0.3 is 9.84 Å². The lowest BCUT2D eigenvalue weighted by Gasteiger charge is -2.38. The Morgan fingerprint density at radius 1 is 1.33 bits per heavy atom. The minimum Gasteiger partial charge on any atom is -0.392 e. The van der Waals surface area contributed by atoms with Gasteiger partial charge >= 0.3 is 0 Å². The molecule has 0 aromatic rings. The van der Waals surface area contributed by atoms with Crippen LogP contribution in [0.4, 0.5) is 0 Å². The molecule has 0 amide bonds. The Morgan fingerprint density at radius 3 is 2.62 bits per heavy atom. The van der Waals surface area contributed by atoms with Crippen molar-refractivity contribution in [3.63, 3.8) is 0 Å². The van der Waals surface area contributed by atoms with Crippen LogP contribution in [0.2, 0.25) is 0 Å². The largest absolute Gasteiger partial charge is 0.392 e. The molecule has 0 bridgehead atoms. The fraction of sp³-hybridized carbons (Fsp3) is 0.789.